The van der Waals surface area contributed by atoms with Gasteiger partial charge in [-0.15, -0.1) is 0 Å². The first kappa shape index (κ1) is 15.0. The number of likely N-dealkylation sites (N-methyl/N-ethyl adjacent to an activating group) is 1. The van der Waals surface area contributed by atoms with E-state index >= 15 is 0 Å². The van der Waals surface area contributed by atoms with E-state index in [1.807, 2.05) is 11.0 Å². The van der Waals surface area contributed by atoms with Gasteiger partial charge in [0, 0.05) is 31.6 Å². The number of hydrogen-bond acceptors (Lipinski definition) is 2. The van der Waals surface area contributed by atoms with Crippen molar-refractivity contribution in [3.05, 3.63) is 35.6 Å². The third-order valence-electron chi connectivity index (χ3n) is 4.23. The highest BCUT2D eigenvalue weighted by Gasteiger charge is 2.28. The molecule has 0 N–H and O–H groups in total. The van der Waals surface area contributed by atoms with Gasteiger partial charge in [0.05, 0.1) is 0 Å². The minimum Gasteiger partial charge on any atom is -0.340 e. The maximum atomic E-state index is 13.1. The Morgan fingerprint density at radius 1 is 1.30 bits per heavy atom. The molecule has 0 spiro atoms. The Bertz CT molecular complexity index is 465. The number of carbonyl (C=O) groups excluding carboxylic acids is 1. The van der Waals surface area contributed by atoms with Gasteiger partial charge in [0.15, 0.2) is 0 Å². The van der Waals surface area contributed by atoms with E-state index < -0.39 is 0 Å². The number of nitrogens with zero attached hydrogens (tertiary/aromatic N) is 2. The van der Waals surface area contributed by atoms with Crippen LogP contribution in [0.4, 0.5) is 4.39 Å². The monoisotopic (exact) mass is 278 g/mol. The van der Waals surface area contributed by atoms with E-state index in [0.717, 1.165) is 18.7 Å². The molecule has 0 aromatic heterocycles. The largest absolute Gasteiger partial charge is 0.340 e. The van der Waals surface area contributed by atoms with Crippen LogP contribution >= 0.6 is 0 Å². The molecule has 0 bridgehead atoms. The molecule has 1 aliphatic heterocycles. The molecule has 3 nitrogen and oxygen atoms in total. The average Bonchev–Trinajstić information content (AvgIpc) is 2.41. The first-order valence-corrected chi connectivity index (χ1v) is 7.21. The van der Waals surface area contributed by atoms with Crippen molar-refractivity contribution < 1.29 is 9.18 Å². The number of halogens is 1. The summed E-state index contributed by atoms with van der Waals surface area (Å²) in [6.07, 6.45) is 1.05. The molecule has 1 saturated heterocycles. The molecule has 0 radical (unpaired) electrons. The van der Waals surface area contributed by atoms with Crippen molar-refractivity contribution in [2.45, 2.75) is 38.8 Å². The number of benzene rings is 1. The van der Waals surface area contributed by atoms with Gasteiger partial charge in [-0.2, -0.15) is 0 Å². The Morgan fingerprint density at radius 2 is 1.95 bits per heavy atom. The summed E-state index contributed by atoms with van der Waals surface area (Å²) in [5.41, 5.74) is 0.883. The lowest BCUT2D eigenvalue weighted by Crippen LogP contribution is -2.56. The van der Waals surface area contributed by atoms with Crippen LogP contribution in [0, 0.1) is 5.82 Å². The van der Waals surface area contributed by atoms with Crippen molar-refractivity contribution in [3.63, 3.8) is 0 Å². The average molecular weight is 278 g/mol. The van der Waals surface area contributed by atoms with Crippen LogP contribution in [0.1, 0.15) is 25.8 Å². The number of piperazine rings is 1. The molecule has 2 unspecified atom stereocenters. The van der Waals surface area contributed by atoms with Gasteiger partial charge in [0.1, 0.15) is 5.82 Å². The van der Waals surface area contributed by atoms with Crippen molar-refractivity contribution >= 4 is 5.91 Å². The molecule has 1 amide bonds. The second-order valence-electron chi connectivity index (χ2n) is 5.79. The first-order valence-electron chi connectivity index (χ1n) is 7.21. The van der Waals surface area contributed by atoms with Gasteiger partial charge < -0.3 is 4.90 Å². The smallest absolute Gasteiger partial charge is 0.223 e. The Hall–Kier alpha value is -1.42. The SMILES string of the molecule is CC1CN(C(=O)CCc2cccc(F)c2)CC(C)N1C. The lowest BCUT2D eigenvalue weighted by Gasteiger charge is -2.42. The normalized spacial score (nSPS) is 23.9. The summed E-state index contributed by atoms with van der Waals surface area (Å²) in [5, 5.41) is 0. The van der Waals surface area contributed by atoms with Crippen molar-refractivity contribution in [1.29, 1.82) is 0 Å². The molecular weight excluding hydrogens is 255 g/mol. The molecule has 4 heteroatoms. The van der Waals surface area contributed by atoms with E-state index in [0.29, 0.717) is 24.9 Å². The Balaban J connectivity index is 1.89. The van der Waals surface area contributed by atoms with Gasteiger partial charge in [-0.1, -0.05) is 12.1 Å². The third-order valence-corrected chi connectivity index (χ3v) is 4.23. The minimum atomic E-state index is -0.239. The van der Waals surface area contributed by atoms with E-state index in [4.69, 9.17) is 0 Å². The van der Waals surface area contributed by atoms with Crippen LogP contribution in [0.15, 0.2) is 24.3 Å². The summed E-state index contributed by atoms with van der Waals surface area (Å²) in [4.78, 5) is 16.5. The van der Waals surface area contributed by atoms with Crippen LogP contribution in [0.5, 0.6) is 0 Å². The van der Waals surface area contributed by atoms with Crippen molar-refractivity contribution in [2.75, 3.05) is 20.1 Å². The van der Waals surface area contributed by atoms with Crippen LogP contribution in [0.25, 0.3) is 0 Å². The molecule has 110 valence electrons. The molecule has 0 aliphatic carbocycles. The second kappa shape index (κ2) is 6.35. The molecule has 1 heterocycles. The second-order valence-corrected chi connectivity index (χ2v) is 5.79. The maximum Gasteiger partial charge on any atom is 0.223 e. The molecule has 2 atom stereocenters. The Kier molecular flexibility index (Phi) is 4.76. The first-order chi connectivity index (χ1) is 9.47. The highest BCUT2D eigenvalue weighted by molar-refractivity contribution is 5.76. The number of carbonyl (C=O) groups is 1. The van der Waals surface area contributed by atoms with Crippen LogP contribution < -0.4 is 0 Å². The van der Waals surface area contributed by atoms with E-state index in [9.17, 15) is 9.18 Å². The lowest BCUT2D eigenvalue weighted by atomic mass is 10.1. The number of hydrogen-bond donors (Lipinski definition) is 0. The summed E-state index contributed by atoms with van der Waals surface area (Å²) in [7, 11) is 2.10. The standard InChI is InChI=1S/C16H23FN2O/c1-12-10-19(11-13(2)18(12)3)16(20)8-7-14-5-4-6-15(17)9-14/h4-6,9,12-13H,7-8,10-11H2,1-3H3. The molecule has 2 rings (SSSR count). The minimum absolute atomic E-state index is 0.168. The zero-order valence-corrected chi connectivity index (χ0v) is 12.5. The zero-order valence-electron chi connectivity index (χ0n) is 12.5. The van der Waals surface area contributed by atoms with Crippen molar-refractivity contribution in [2.24, 2.45) is 0 Å². The number of rotatable bonds is 3. The molecule has 1 fully saturated rings. The lowest BCUT2D eigenvalue weighted by molar-refractivity contribution is -0.135. The molecule has 20 heavy (non-hydrogen) atoms. The summed E-state index contributed by atoms with van der Waals surface area (Å²) in [6.45, 7) is 5.84. The summed E-state index contributed by atoms with van der Waals surface area (Å²) in [5.74, 6) is -0.0714. The van der Waals surface area contributed by atoms with E-state index in [-0.39, 0.29) is 11.7 Å². The fraction of sp³-hybridized carbons (Fsp3) is 0.562. The summed E-state index contributed by atoms with van der Waals surface area (Å²) < 4.78 is 13.1. The molecular formula is C16H23FN2O. The molecule has 0 saturated carbocycles. The van der Waals surface area contributed by atoms with Gasteiger partial charge in [-0.3, -0.25) is 9.69 Å². The summed E-state index contributed by atoms with van der Waals surface area (Å²) in [6, 6.07) is 7.26. The van der Waals surface area contributed by atoms with Crippen LogP contribution in [-0.4, -0.2) is 47.9 Å². The van der Waals surface area contributed by atoms with Crippen LogP contribution in [-0.2, 0) is 11.2 Å². The zero-order chi connectivity index (χ0) is 14.7. The van der Waals surface area contributed by atoms with E-state index in [2.05, 4.69) is 25.8 Å². The predicted molar refractivity (Wildman–Crippen MR) is 78.0 cm³/mol. The highest BCUT2D eigenvalue weighted by atomic mass is 19.1. The summed E-state index contributed by atoms with van der Waals surface area (Å²) >= 11 is 0. The fourth-order valence-corrected chi connectivity index (χ4v) is 2.71. The van der Waals surface area contributed by atoms with Gasteiger partial charge in [-0.05, 0) is 45.0 Å². The molecule has 1 aromatic carbocycles. The van der Waals surface area contributed by atoms with Gasteiger partial charge in [0.2, 0.25) is 5.91 Å². The van der Waals surface area contributed by atoms with Gasteiger partial charge in [-0.25, -0.2) is 4.39 Å². The number of aryl methyl sites for hydroxylation is 1. The quantitative estimate of drug-likeness (QED) is 0.847. The number of amides is 1. The predicted octanol–water partition coefficient (Wildman–Crippen LogP) is 2.31. The molecule has 1 aromatic rings. The fourth-order valence-electron chi connectivity index (χ4n) is 2.71. The highest BCUT2D eigenvalue weighted by Crippen LogP contribution is 2.15. The third kappa shape index (κ3) is 3.57. The van der Waals surface area contributed by atoms with Crippen molar-refractivity contribution in [3.8, 4) is 0 Å². The molecule has 1 aliphatic rings. The Labute approximate surface area is 120 Å². The van der Waals surface area contributed by atoms with Gasteiger partial charge >= 0.3 is 0 Å². The van der Waals surface area contributed by atoms with Gasteiger partial charge in [0.25, 0.3) is 0 Å². The Morgan fingerprint density at radius 3 is 2.55 bits per heavy atom. The topological polar surface area (TPSA) is 23.6 Å². The van der Waals surface area contributed by atoms with Crippen LogP contribution in [0.2, 0.25) is 0 Å². The van der Waals surface area contributed by atoms with E-state index in [1.165, 1.54) is 12.1 Å². The van der Waals surface area contributed by atoms with E-state index in [1.54, 1.807) is 6.07 Å². The van der Waals surface area contributed by atoms with Crippen LogP contribution in [0.3, 0.4) is 0 Å². The van der Waals surface area contributed by atoms with Crippen molar-refractivity contribution in [1.82, 2.24) is 9.80 Å². The maximum absolute atomic E-state index is 13.1.